The van der Waals surface area contributed by atoms with E-state index in [2.05, 4.69) is 9.97 Å². The van der Waals surface area contributed by atoms with Gasteiger partial charge in [-0.25, -0.2) is 4.98 Å². The van der Waals surface area contributed by atoms with Crippen LogP contribution in [-0.2, 0) is 6.54 Å². The lowest BCUT2D eigenvalue weighted by atomic mass is 10.2. The van der Waals surface area contributed by atoms with E-state index in [4.69, 9.17) is 4.74 Å². The molecule has 0 aliphatic heterocycles. The van der Waals surface area contributed by atoms with Crippen LogP contribution in [0, 0.1) is 6.92 Å². The maximum atomic E-state index is 13.1. The average molecular weight is 421 g/mol. The summed E-state index contributed by atoms with van der Waals surface area (Å²) < 4.78 is 44.5. The Morgan fingerprint density at radius 2 is 1.93 bits per heavy atom. The summed E-state index contributed by atoms with van der Waals surface area (Å²) in [5, 5.41) is 0.537. The summed E-state index contributed by atoms with van der Waals surface area (Å²) in [5.74, 6) is -0.120. The second kappa shape index (κ2) is 8.60. The van der Waals surface area contributed by atoms with Crippen molar-refractivity contribution in [2.45, 2.75) is 19.6 Å². The lowest BCUT2D eigenvalue weighted by Gasteiger charge is -2.24. The SMILES string of the molecule is COc1ccc(CN(CC(F)(F)F)C(=O)c2sc(-c3cccnc3)nc2C)cc1. The molecule has 0 bridgehead atoms. The van der Waals surface area contributed by atoms with Gasteiger partial charge in [0.15, 0.2) is 0 Å². The smallest absolute Gasteiger partial charge is 0.406 e. The summed E-state index contributed by atoms with van der Waals surface area (Å²) in [6.07, 6.45) is -1.32. The third-order valence-electron chi connectivity index (χ3n) is 4.09. The van der Waals surface area contributed by atoms with Crippen LogP contribution in [0.3, 0.4) is 0 Å². The standard InChI is InChI=1S/C20H18F3N3O2S/c1-13-17(29-18(25-13)15-4-3-9-24-10-15)19(27)26(12-20(21,22)23)11-14-5-7-16(28-2)8-6-14/h3-10H,11-12H2,1-2H3. The molecular formula is C20H18F3N3O2S. The topological polar surface area (TPSA) is 55.3 Å². The van der Waals surface area contributed by atoms with E-state index in [1.165, 1.54) is 7.11 Å². The van der Waals surface area contributed by atoms with Crippen LogP contribution in [-0.4, -0.2) is 40.6 Å². The molecule has 0 unspecified atom stereocenters. The van der Waals surface area contributed by atoms with E-state index < -0.39 is 18.6 Å². The summed E-state index contributed by atoms with van der Waals surface area (Å²) in [6.45, 7) is 0.0854. The van der Waals surface area contributed by atoms with Crippen molar-refractivity contribution in [2.75, 3.05) is 13.7 Å². The Hall–Kier alpha value is -2.94. The van der Waals surface area contributed by atoms with Crippen LogP contribution in [0.15, 0.2) is 48.8 Å². The molecule has 1 aromatic carbocycles. The highest BCUT2D eigenvalue weighted by atomic mass is 32.1. The minimum atomic E-state index is -4.52. The number of thiazole rings is 1. The molecule has 152 valence electrons. The van der Waals surface area contributed by atoms with Crippen molar-refractivity contribution >= 4 is 17.2 Å². The monoisotopic (exact) mass is 421 g/mol. The lowest BCUT2D eigenvalue weighted by Crippen LogP contribution is -2.38. The van der Waals surface area contributed by atoms with E-state index in [9.17, 15) is 18.0 Å². The number of aryl methyl sites for hydroxylation is 1. The van der Waals surface area contributed by atoms with E-state index in [0.717, 1.165) is 16.2 Å². The molecule has 0 saturated heterocycles. The number of carbonyl (C=O) groups is 1. The Kier molecular flexibility index (Phi) is 6.17. The Balaban J connectivity index is 1.89. The second-order valence-electron chi connectivity index (χ2n) is 6.30. The number of rotatable bonds is 6. The summed E-state index contributed by atoms with van der Waals surface area (Å²) in [4.78, 5) is 22.3. The van der Waals surface area contributed by atoms with E-state index in [-0.39, 0.29) is 11.4 Å². The molecule has 2 aromatic heterocycles. The molecule has 1 amide bonds. The molecule has 29 heavy (non-hydrogen) atoms. The quantitative estimate of drug-likeness (QED) is 0.578. The molecule has 2 heterocycles. The van der Waals surface area contributed by atoms with Crippen molar-refractivity contribution < 1.29 is 22.7 Å². The number of pyridine rings is 1. The van der Waals surface area contributed by atoms with E-state index in [1.807, 2.05) is 0 Å². The molecule has 0 spiro atoms. The average Bonchev–Trinajstić information content (AvgIpc) is 3.09. The highest BCUT2D eigenvalue weighted by molar-refractivity contribution is 7.17. The normalized spacial score (nSPS) is 11.3. The summed E-state index contributed by atoms with van der Waals surface area (Å²) in [6, 6.07) is 10.1. The fourth-order valence-corrected chi connectivity index (χ4v) is 3.74. The fourth-order valence-electron chi connectivity index (χ4n) is 2.72. The summed E-state index contributed by atoms with van der Waals surface area (Å²) in [5.41, 5.74) is 1.66. The number of hydrogen-bond acceptors (Lipinski definition) is 5. The lowest BCUT2D eigenvalue weighted by molar-refractivity contribution is -0.141. The molecule has 9 heteroatoms. The van der Waals surface area contributed by atoms with Gasteiger partial charge in [0.05, 0.1) is 12.8 Å². The van der Waals surface area contributed by atoms with Gasteiger partial charge in [-0.15, -0.1) is 11.3 Å². The number of alkyl halides is 3. The van der Waals surface area contributed by atoms with Crippen LogP contribution >= 0.6 is 11.3 Å². The molecule has 0 aliphatic rings. The van der Waals surface area contributed by atoms with E-state index in [1.54, 1.807) is 55.7 Å². The highest BCUT2D eigenvalue weighted by Crippen LogP contribution is 2.30. The molecule has 0 atom stereocenters. The third kappa shape index (κ3) is 5.32. The van der Waals surface area contributed by atoms with Crippen molar-refractivity contribution in [3.63, 3.8) is 0 Å². The molecule has 3 rings (SSSR count). The number of aromatic nitrogens is 2. The van der Waals surface area contributed by atoms with Crippen molar-refractivity contribution in [3.8, 4) is 16.3 Å². The number of amides is 1. The molecule has 0 N–H and O–H groups in total. The van der Waals surface area contributed by atoms with E-state index >= 15 is 0 Å². The number of nitrogens with zero attached hydrogens (tertiary/aromatic N) is 3. The molecule has 0 saturated carbocycles. The zero-order chi connectivity index (χ0) is 21.0. The maximum absolute atomic E-state index is 13.1. The molecule has 0 fully saturated rings. The Morgan fingerprint density at radius 1 is 1.21 bits per heavy atom. The Morgan fingerprint density at radius 3 is 2.52 bits per heavy atom. The van der Waals surface area contributed by atoms with Gasteiger partial charge < -0.3 is 9.64 Å². The minimum Gasteiger partial charge on any atom is -0.497 e. The first kappa shape index (κ1) is 20.8. The highest BCUT2D eigenvalue weighted by Gasteiger charge is 2.34. The minimum absolute atomic E-state index is 0.179. The van der Waals surface area contributed by atoms with Crippen LogP contribution in [0.25, 0.3) is 10.6 Å². The number of benzene rings is 1. The van der Waals surface area contributed by atoms with E-state index in [0.29, 0.717) is 27.6 Å². The van der Waals surface area contributed by atoms with Crippen molar-refractivity contribution in [2.24, 2.45) is 0 Å². The first-order valence-corrected chi connectivity index (χ1v) is 9.45. The number of methoxy groups -OCH3 is 1. The van der Waals surface area contributed by atoms with Gasteiger partial charge in [0, 0.05) is 24.5 Å². The van der Waals surface area contributed by atoms with Crippen molar-refractivity contribution in [1.82, 2.24) is 14.9 Å². The predicted molar refractivity (Wildman–Crippen MR) is 104 cm³/mol. The Bertz CT molecular complexity index is 973. The van der Waals surface area contributed by atoms with Gasteiger partial charge in [-0.05, 0) is 36.8 Å². The van der Waals surface area contributed by atoms with Crippen LogP contribution in [0.1, 0.15) is 20.9 Å². The largest absolute Gasteiger partial charge is 0.497 e. The number of halogens is 3. The maximum Gasteiger partial charge on any atom is 0.406 e. The first-order chi connectivity index (χ1) is 13.8. The van der Waals surface area contributed by atoms with Gasteiger partial charge in [0.1, 0.15) is 22.2 Å². The van der Waals surface area contributed by atoms with Gasteiger partial charge in [0.25, 0.3) is 5.91 Å². The van der Waals surface area contributed by atoms with Gasteiger partial charge in [-0.2, -0.15) is 13.2 Å². The first-order valence-electron chi connectivity index (χ1n) is 8.63. The summed E-state index contributed by atoms with van der Waals surface area (Å²) >= 11 is 1.06. The molecule has 0 radical (unpaired) electrons. The molecule has 5 nitrogen and oxygen atoms in total. The van der Waals surface area contributed by atoms with Crippen LogP contribution in [0.4, 0.5) is 13.2 Å². The number of hydrogen-bond donors (Lipinski definition) is 0. The molecule has 0 aliphatic carbocycles. The van der Waals surface area contributed by atoms with Crippen LogP contribution in [0.5, 0.6) is 5.75 Å². The summed E-state index contributed by atoms with van der Waals surface area (Å²) in [7, 11) is 1.50. The third-order valence-corrected chi connectivity index (χ3v) is 5.28. The zero-order valence-corrected chi connectivity index (χ0v) is 16.5. The van der Waals surface area contributed by atoms with Gasteiger partial charge in [0.2, 0.25) is 0 Å². The van der Waals surface area contributed by atoms with Crippen molar-refractivity contribution in [1.29, 1.82) is 0 Å². The predicted octanol–water partition coefficient (Wildman–Crippen LogP) is 4.73. The molecular weight excluding hydrogens is 403 g/mol. The second-order valence-corrected chi connectivity index (χ2v) is 7.30. The van der Waals surface area contributed by atoms with Crippen LogP contribution in [0.2, 0.25) is 0 Å². The van der Waals surface area contributed by atoms with Crippen molar-refractivity contribution in [3.05, 3.63) is 64.9 Å². The Labute approximate surface area is 169 Å². The molecule has 3 aromatic rings. The van der Waals surface area contributed by atoms with Gasteiger partial charge in [-0.1, -0.05) is 12.1 Å². The van der Waals surface area contributed by atoms with Crippen LogP contribution < -0.4 is 4.74 Å². The van der Waals surface area contributed by atoms with Gasteiger partial charge >= 0.3 is 6.18 Å². The number of ether oxygens (including phenoxy) is 1. The zero-order valence-electron chi connectivity index (χ0n) is 15.7. The number of carbonyl (C=O) groups excluding carboxylic acids is 1. The van der Waals surface area contributed by atoms with Gasteiger partial charge in [-0.3, -0.25) is 9.78 Å². The fraction of sp³-hybridized carbons (Fsp3) is 0.250.